The summed E-state index contributed by atoms with van der Waals surface area (Å²) >= 11 is 0. The molecular formula is C17H15NO2S. The highest BCUT2D eigenvalue weighted by molar-refractivity contribution is 7.91. The van der Waals surface area contributed by atoms with Crippen molar-refractivity contribution < 1.29 is 9.00 Å². The number of allylic oxidation sites excluding steroid dienone is 1. The summed E-state index contributed by atoms with van der Waals surface area (Å²) < 4.78 is 12.7. The number of rotatable bonds is 2. The zero-order chi connectivity index (χ0) is 15.0. The van der Waals surface area contributed by atoms with Gasteiger partial charge < -0.3 is 4.90 Å². The van der Waals surface area contributed by atoms with Gasteiger partial charge in [0, 0.05) is 19.7 Å². The van der Waals surface area contributed by atoms with Crippen molar-refractivity contribution in [1.82, 2.24) is 4.90 Å². The Balaban J connectivity index is 2.26. The molecule has 3 nitrogen and oxygen atoms in total. The molecule has 0 bridgehead atoms. The van der Waals surface area contributed by atoms with Gasteiger partial charge in [-0.3, -0.25) is 4.79 Å². The molecule has 0 aromatic heterocycles. The van der Waals surface area contributed by atoms with Gasteiger partial charge in [-0.15, -0.1) is 0 Å². The first-order valence-electron chi connectivity index (χ1n) is 6.64. The third kappa shape index (κ3) is 2.21. The lowest BCUT2D eigenvalue weighted by Gasteiger charge is -2.19. The molecule has 0 N–H and O–H groups in total. The monoisotopic (exact) mass is 297 g/mol. The molecule has 0 fully saturated rings. The standard InChI is InChI=1S/C17H15NO2S/c1-18(2)15(12-8-4-3-5-9-12)17-16(19)13-10-6-7-11-14(13)21(17)20/h3-11H,1-2H3. The number of carbonyl (C=O) groups is 1. The van der Waals surface area contributed by atoms with Gasteiger partial charge in [0.05, 0.1) is 21.4 Å². The second-order valence-electron chi connectivity index (χ2n) is 5.03. The molecule has 0 saturated carbocycles. The van der Waals surface area contributed by atoms with E-state index in [1.165, 1.54) is 0 Å². The molecule has 1 aliphatic heterocycles. The van der Waals surface area contributed by atoms with Crippen molar-refractivity contribution in [2.24, 2.45) is 0 Å². The number of carbonyl (C=O) groups excluding carboxylic acids is 1. The zero-order valence-corrected chi connectivity index (χ0v) is 12.7. The maximum absolute atomic E-state index is 12.7. The molecule has 1 unspecified atom stereocenters. The van der Waals surface area contributed by atoms with Crippen LogP contribution in [0.2, 0.25) is 0 Å². The van der Waals surface area contributed by atoms with E-state index in [0.717, 1.165) is 11.3 Å². The molecular weight excluding hydrogens is 282 g/mol. The minimum Gasteiger partial charge on any atom is -0.376 e. The number of nitrogens with zero attached hydrogens (tertiary/aromatic N) is 1. The second kappa shape index (κ2) is 5.30. The van der Waals surface area contributed by atoms with Crippen molar-refractivity contribution in [1.29, 1.82) is 0 Å². The smallest absolute Gasteiger partial charge is 0.205 e. The van der Waals surface area contributed by atoms with Crippen LogP contribution in [0.1, 0.15) is 15.9 Å². The van der Waals surface area contributed by atoms with Crippen molar-refractivity contribution in [2.75, 3.05) is 14.1 Å². The van der Waals surface area contributed by atoms with Crippen LogP contribution in [0.5, 0.6) is 0 Å². The summed E-state index contributed by atoms with van der Waals surface area (Å²) in [4.78, 5) is 15.5. The molecule has 0 amide bonds. The average Bonchev–Trinajstić information content (AvgIpc) is 2.74. The normalized spacial score (nSPS) is 19.3. The Bertz CT molecular complexity index is 726. The van der Waals surface area contributed by atoms with Gasteiger partial charge >= 0.3 is 0 Å². The molecule has 0 spiro atoms. The predicted molar refractivity (Wildman–Crippen MR) is 84.2 cm³/mol. The Hall–Kier alpha value is -2.20. The lowest BCUT2D eigenvalue weighted by molar-refractivity contribution is 0.104. The van der Waals surface area contributed by atoms with Gasteiger partial charge in [0.2, 0.25) is 5.78 Å². The fraction of sp³-hybridized carbons (Fsp3) is 0.118. The van der Waals surface area contributed by atoms with Gasteiger partial charge in [-0.1, -0.05) is 42.5 Å². The van der Waals surface area contributed by atoms with Gasteiger partial charge in [-0.05, 0) is 17.7 Å². The van der Waals surface area contributed by atoms with Gasteiger partial charge in [-0.2, -0.15) is 0 Å². The third-order valence-electron chi connectivity index (χ3n) is 3.43. The summed E-state index contributed by atoms with van der Waals surface area (Å²) in [5.41, 5.74) is 2.16. The van der Waals surface area contributed by atoms with Gasteiger partial charge in [0.25, 0.3) is 0 Å². The van der Waals surface area contributed by atoms with Gasteiger partial charge in [0.1, 0.15) is 4.91 Å². The lowest BCUT2D eigenvalue weighted by Crippen LogP contribution is -2.16. The molecule has 1 heterocycles. The lowest BCUT2D eigenvalue weighted by atomic mass is 10.1. The van der Waals surface area contributed by atoms with Crippen LogP contribution in [-0.4, -0.2) is 29.0 Å². The van der Waals surface area contributed by atoms with E-state index < -0.39 is 10.8 Å². The van der Waals surface area contributed by atoms with Crippen LogP contribution in [-0.2, 0) is 10.8 Å². The first-order valence-corrected chi connectivity index (χ1v) is 7.78. The topological polar surface area (TPSA) is 37.4 Å². The molecule has 1 aliphatic rings. The summed E-state index contributed by atoms with van der Waals surface area (Å²) in [5, 5.41) is 0. The number of Topliss-reactive ketones (excluding diaryl/α,β-unsaturated/α-hetero) is 1. The van der Waals surface area contributed by atoms with Crippen molar-refractivity contribution in [3.63, 3.8) is 0 Å². The highest BCUT2D eigenvalue weighted by Crippen LogP contribution is 2.36. The highest BCUT2D eigenvalue weighted by Gasteiger charge is 2.35. The number of hydrogen-bond donors (Lipinski definition) is 0. The van der Waals surface area contributed by atoms with Crippen LogP contribution >= 0.6 is 0 Å². The van der Waals surface area contributed by atoms with Crippen molar-refractivity contribution in [3.8, 4) is 0 Å². The molecule has 0 aliphatic carbocycles. The molecule has 0 radical (unpaired) electrons. The molecule has 4 heteroatoms. The average molecular weight is 297 g/mol. The minimum absolute atomic E-state index is 0.142. The van der Waals surface area contributed by atoms with E-state index in [4.69, 9.17) is 0 Å². The SMILES string of the molecule is CN(C)C(=C1C(=O)c2ccccc2S1=O)c1ccccc1. The Labute approximate surface area is 126 Å². The Morgan fingerprint density at radius 3 is 2.19 bits per heavy atom. The van der Waals surface area contributed by atoms with Gasteiger partial charge in [0.15, 0.2) is 0 Å². The molecule has 21 heavy (non-hydrogen) atoms. The first-order chi connectivity index (χ1) is 10.1. The Morgan fingerprint density at radius 1 is 0.952 bits per heavy atom. The van der Waals surface area contributed by atoms with Crippen LogP contribution in [0.15, 0.2) is 64.4 Å². The predicted octanol–water partition coefficient (Wildman–Crippen LogP) is 2.92. The zero-order valence-electron chi connectivity index (χ0n) is 11.9. The van der Waals surface area contributed by atoms with E-state index in [2.05, 4.69) is 0 Å². The first kappa shape index (κ1) is 13.8. The van der Waals surface area contributed by atoms with E-state index in [1.807, 2.05) is 55.4 Å². The number of fused-ring (bicyclic) bond motifs is 1. The van der Waals surface area contributed by atoms with E-state index in [9.17, 15) is 9.00 Å². The molecule has 2 aromatic carbocycles. The van der Waals surface area contributed by atoms with E-state index in [0.29, 0.717) is 15.4 Å². The molecule has 2 aromatic rings. The van der Waals surface area contributed by atoms with Crippen molar-refractivity contribution >= 4 is 22.3 Å². The maximum atomic E-state index is 12.7. The van der Waals surface area contributed by atoms with E-state index in [-0.39, 0.29) is 5.78 Å². The second-order valence-corrected chi connectivity index (χ2v) is 6.42. The summed E-state index contributed by atoms with van der Waals surface area (Å²) in [7, 11) is 2.30. The van der Waals surface area contributed by atoms with E-state index in [1.54, 1.807) is 18.2 Å². The van der Waals surface area contributed by atoms with Crippen LogP contribution in [0.3, 0.4) is 0 Å². The largest absolute Gasteiger partial charge is 0.376 e. The van der Waals surface area contributed by atoms with Crippen LogP contribution in [0.4, 0.5) is 0 Å². The number of hydrogen-bond acceptors (Lipinski definition) is 3. The van der Waals surface area contributed by atoms with Crippen LogP contribution in [0.25, 0.3) is 5.70 Å². The molecule has 1 atom stereocenters. The quantitative estimate of drug-likeness (QED) is 0.800. The van der Waals surface area contributed by atoms with Crippen LogP contribution < -0.4 is 0 Å². The number of ketones is 1. The van der Waals surface area contributed by atoms with Crippen molar-refractivity contribution in [2.45, 2.75) is 4.90 Å². The minimum atomic E-state index is -1.43. The number of benzene rings is 2. The summed E-state index contributed by atoms with van der Waals surface area (Å²) in [6.07, 6.45) is 0. The van der Waals surface area contributed by atoms with E-state index >= 15 is 0 Å². The Morgan fingerprint density at radius 2 is 1.57 bits per heavy atom. The molecule has 3 rings (SSSR count). The molecule has 0 saturated heterocycles. The summed E-state index contributed by atoms with van der Waals surface area (Å²) in [5.74, 6) is -0.142. The fourth-order valence-corrected chi connectivity index (χ4v) is 4.05. The van der Waals surface area contributed by atoms with Gasteiger partial charge in [-0.25, -0.2) is 4.21 Å². The van der Waals surface area contributed by atoms with Crippen molar-refractivity contribution in [3.05, 3.63) is 70.6 Å². The molecule has 106 valence electrons. The maximum Gasteiger partial charge on any atom is 0.205 e. The Kier molecular flexibility index (Phi) is 3.47. The third-order valence-corrected chi connectivity index (χ3v) is 4.94. The fourth-order valence-electron chi connectivity index (χ4n) is 2.52. The summed E-state index contributed by atoms with van der Waals surface area (Å²) in [6.45, 7) is 0. The highest BCUT2D eigenvalue weighted by atomic mass is 32.2. The van der Waals surface area contributed by atoms with Crippen LogP contribution in [0, 0.1) is 0 Å². The summed E-state index contributed by atoms with van der Waals surface area (Å²) in [6, 6.07) is 16.7.